The molecular formula is C75H51NO. The molecule has 16 rings (SSSR count). The lowest BCUT2D eigenvalue weighted by molar-refractivity contribution is 0.436. The second-order valence-corrected chi connectivity index (χ2v) is 21.9. The van der Waals surface area contributed by atoms with E-state index in [0.717, 1.165) is 39.7 Å². The third kappa shape index (κ3) is 5.96. The highest BCUT2D eigenvalue weighted by molar-refractivity contribution is 5.99. The van der Waals surface area contributed by atoms with E-state index in [1.165, 1.54) is 99.8 Å². The van der Waals surface area contributed by atoms with Crippen molar-refractivity contribution in [2.45, 2.75) is 30.1 Å². The van der Waals surface area contributed by atoms with Crippen LogP contribution in [0.2, 0.25) is 0 Å². The van der Waals surface area contributed by atoms with E-state index in [1.54, 1.807) is 0 Å². The number of benzene rings is 12. The molecule has 4 aliphatic rings. The Labute approximate surface area is 449 Å². The average Bonchev–Trinajstić information content (AvgIpc) is 4.16. The first-order valence-electron chi connectivity index (χ1n) is 27.0. The molecule has 77 heavy (non-hydrogen) atoms. The molecule has 0 aromatic heterocycles. The van der Waals surface area contributed by atoms with E-state index < -0.39 is 10.8 Å². The molecule has 0 N–H and O–H groups in total. The van der Waals surface area contributed by atoms with Crippen molar-refractivity contribution < 1.29 is 4.74 Å². The van der Waals surface area contributed by atoms with Gasteiger partial charge >= 0.3 is 0 Å². The molecule has 0 unspecified atom stereocenters. The van der Waals surface area contributed by atoms with Crippen LogP contribution in [0.25, 0.3) is 55.3 Å². The van der Waals surface area contributed by atoms with Crippen LogP contribution in [-0.4, -0.2) is 0 Å². The number of para-hydroxylation sites is 1. The van der Waals surface area contributed by atoms with Gasteiger partial charge in [0, 0.05) is 33.5 Å². The van der Waals surface area contributed by atoms with E-state index in [4.69, 9.17) is 4.74 Å². The van der Waals surface area contributed by atoms with E-state index in [9.17, 15) is 0 Å². The maximum absolute atomic E-state index is 7.08. The summed E-state index contributed by atoms with van der Waals surface area (Å²) in [6.45, 7) is 4.85. The molecule has 0 saturated carbocycles. The Balaban J connectivity index is 1.03. The predicted octanol–water partition coefficient (Wildman–Crippen LogP) is 19.1. The van der Waals surface area contributed by atoms with Crippen molar-refractivity contribution in [1.29, 1.82) is 0 Å². The van der Waals surface area contributed by atoms with Gasteiger partial charge in [-0.1, -0.05) is 238 Å². The fourth-order valence-electron chi connectivity index (χ4n) is 14.5. The molecule has 0 atom stereocenters. The van der Waals surface area contributed by atoms with Gasteiger partial charge in [0.1, 0.15) is 11.5 Å². The van der Waals surface area contributed by atoms with Gasteiger partial charge in [-0.05, 0) is 143 Å². The summed E-state index contributed by atoms with van der Waals surface area (Å²) in [4.78, 5) is 2.57. The third-order valence-electron chi connectivity index (χ3n) is 17.8. The molecule has 0 amide bonds. The highest BCUT2D eigenvalue weighted by Crippen LogP contribution is 2.65. The fourth-order valence-corrected chi connectivity index (χ4v) is 14.5. The topological polar surface area (TPSA) is 12.5 Å². The van der Waals surface area contributed by atoms with Crippen molar-refractivity contribution in [3.8, 4) is 56.0 Å². The zero-order valence-corrected chi connectivity index (χ0v) is 42.8. The lowest BCUT2D eigenvalue weighted by Crippen LogP contribution is -2.32. The van der Waals surface area contributed by atoms with E-state index in [2.05, 4.69) is 292 Å². The van der Waals surface area contributed by atoms with Crippen LogP contribution in [0.3, 0.4) is 0 Å². The van der Waals surface area contributed by atoms with E-state index in [1.807, 2.05) is 0 Å². The minimum absolute atomic E-state index is 0.337. The maximum atomic E-state index is 7.08. The Morgan fingerprint density at radius 2 is 0.792 bits per heavy atom. The zero-order valence-electron chi connectivity index (χ0n) is 42.8. The Morgan fingerprint density at radius 3 is 1.44 bits per heavy atom. The first kappa shape index (κ1) is 43.9. The highest BCUT2D eigenvalue weighted by atomic mass is 16.5. The zero-order chi connectivity index (χ0) is 51.0. The standard InChI is InChI=1S/C75H51NO/c1-73(2)61-29-13-12-28-60(61)72-68(73)45-53(74(52-39-36-49-22-6-7-23-51(49)44-52)62-30-14-8-24-56(62)57-25-9-15-31-63(57)74)46-69(72)76(54-40-37-50(38-41-54)48-20-4-3-5-21-48)55-42-43-71-67(47-55)75(66-34-18-19-35-70(66)77-71)64-32-16-10-26-58(64)59-27-11-17-33-65(59)75/h3-47H,1-2H3. The van der Waals surface area contributed by atoms with Crippen LogP contribution in [0.5, 0.6) is 11.5 Å². The molecule has 0 fully saturated rings. The van der Waals surface area contributed by atoms with Gasteiger partial charge in [-0.15, -0.1) is 0 Å². The molecule has 362 valence electrons. The van der Waals surface area contributed by atoms with Gasteiger partial charge in [0.25, 0.3) is 0 Å². The van der Waals surface area contributed by atoms with Gasteiger partial charge in [0.05, 0.1) is 16.5 Å². The van der Waals surface area contributed by atoms with Crippen LogP contribution in [0.15, 0.2) is 273 Å². The molecule has 1 heterocycles. The first-order valence-corrected chi connectivity index (χ1v) is 27.0. The summed E-state index contributed by atoms with van der Waals surface area (Å²) < 4.78 is 7.08. The first-order chi connectivity index (χ1) is 37.9. The Bertz CT molecular complexity index is 4320. The summed E-state index contributed by atoms with van der Waals surface area (Å²) in [6.07, 6.45) is 0. The number of fused-ring (bicyclic) bond motifs is 16. The molecule has 0 bridgehead atoms. The van der Waals surface area contributed by atoms with Crippen molar-refractivity contribution in [3.63, 3.8) is 0 Å². The molecule has 1 aliphatic heterocycles. The van der Waals surface area contributed by atoms with Crippen LogP contribution in [0.4, 0.5) is 17.1 Å². The second-order valence-electron chi connectivity index (χ2n) is 21.9. The van der Waals surface area contributed by atoms with Gasteiger partial charge in [-0.25, -0.2) is 0 Å². The lowest BCUT2D eigenvalue weighted by Gasteiger charge is -2.40. The van der Waals surface area contributed by atoms with E-state index >= 15 is 0 Å². The van der Waals surface area contributed by atoms with Crippen LogP contribution in [-0.2, 0) is 16.2 Å². The molecular weight excluding hydrogens is 931 g/mol. The monoisotopic (exact) mass is 981 g/mol. The summed E-state index contributed by atoms with van der Waals surface area (Å²) in [5.41, 5.74) is 24.0. The maximum Gasteiger partial charge on any atom is 0.132 e. The number of rotatable bonds is 6. The summed E-state index contributed by atoms with van der Waals surface area (Å²) in [5.74, 6) is 1.74. The largest absolute Gasteiger partial charge is 0.457 e. The molecule has 2 heteroatoms. The van der Waals surface area contributed by atoms with Crippen molar-refractivity contribution in [3.05, 3.63) is 329 Å². The molecule has 2 nitrogen and oxygen atoms in total. The lowest BCUT2D eigenvalue weighted by atomic mass is 9.66. The minimum atomic E-state index is -0.677. The third-order valence-corrected chi connectivity index (χ3v) is 17.8. The molecule has 12 aromatic rings. The Kier molecular flexibility index (Phi) is 9.26. The number of hydrogen-bond donors (Lipinski definition) is 0. The molecule has 1 spiro atoms. The number of anilines is 3. The van der Waals surface area contributed by atoms with Gasteiger partial charge in [0.15, 0.2) is 0 Å². The molecule has 0 radical (unpaired) electrons. The van der Waals surface area contributed by atoms with Crippen molar-refractivity contribution in [1.82, 2.24) is 0 Å². The summed E-state index contributed by atoms with van der Waals surface area (Å²) >= 11 is 0. The SMILES string of the molecule is CC1(C)c2ccccc2-c2c(N(c3ccc(-c4ccccc4)cc3)c3ccc4c(c3)C3(c5ccccc5O4)c4ccccc4-c4ccccc43)cc(C3(c4ccc5ccccc5c4)c4ccccc4-c4ccccc43)cc21. The van der Waals surface area contributed by atoms with Crippen LogP contribution in [0.1, 0.15) is 69.5 Å². The van der Waals surface area contributed by atoms with Crippen LogP contribution >= 0.6 is 0 Å². The van der Waals surface area contributed by atoms with Gasteiger partial charge in [0.2, 0.25) is 0 Å². The molecule has 0 saturated heterocycles. The Hall–Kier alpha value is -9.50. The van der Waals surface area contributed by atoms with Gasteiger partial charge in [-0.2, -0.15) is 0 Å². The van der Waals surface area contributed by atoms with Gasteiger partial charge in [-0.3, -0.25) is 0 Å². The van der Waals surface area contributed by atoms with Crippen molar-refractivity contribution in [2.24, 2.45) is 0 Å². The average molecular weight is 982 g/mol. The number of ether oxygens (including phenoxy) is 1. The fraction of sp³-hybridized carbons (Fsp3) is 0.0667. The normalized spacial score (nSPS) is 14.8. The number of hydrogen-bond acceptors (Lipinski definition) is 2. The predicted molar refractivity (Wildman–Crippen MR) is 316 cm³/mol. The summed E-state index contributed by atoms with van der Waals surface area (Å²) in [5, 5.41) is 2.45. The van der Waals surface area contributed by atoms with E-state index in [-0.39, 0.29) is 5.41 Å². The van der Waals surface area contributed by atoms with E-state index in [0.29, 0.717) is 0 Å². The quantitative estimate of drug-likeness (QED) is 0.165. The van der Waals surface area contributed by atoms with Gasteiger partial charge < -0.3 is 9.64 Å². The molecule has 3 aliphatic carbocycles. The highest BCUT2D eigenvalue weighted by Gasteiger charge is 2.52. The van der Waals surface area contributed by atoms with Crippen molar-refractivity contribution >= 4 is 27.8 Å². The van der Waals surface area contributed by atoms with Crippen molar-refractivity contribution in [2.75, 3.05) is 4.90 Å². The second kappa shape index (κ2) is 16.3. The Morgan fingerprint density at radius 1 is 0.299 bits per heavy atom. The minimum Gasteiger partial charge on any atom is -0.457 e. The summed E-state index contributed by atoms with van der Waals surface area (Å²) in [7, 11) is 0. The molecule has 12 aromatic carbocycles. The van der Waals surface area contributed by atoms with Crippen LogP contribution < -0.4 is 9.64 Å². The number of nitrogens with zero attached hydrogens (tertiary/aromatic N) is 1. The summed E-state index contributed by atoms with van der Waals surface area (Å²) in [6, 6.07) is 102. The van der Waals surface area contributed by atoms with Crippen LogP contribution in [0, 0.1) is 0 Å². The smallest absolute Gasteiger partial charge is 0.132 e.